The first-order valence-corrected chi connectivity index (χ1v) is 5.73. The third-order valence-electron chi connectivity index (χ3n) is 2.75. The highest BCUT2D eigenvalue weighted by molar-refractivity contribution is 5.70. The number of esters is 1. The number of hydrogen-bond acceptors (Lipinski definition) is 4. The molecule has 1 aromatic rings. The first-order valence-electron chi connectivity index (χ1n) is 5.73. The molecule has 1 heterocycles. The summed E-state index contributed by atoms with van der Waals surface area (Å²) in [7, 11) is 0. The Labute approximate surface area is 100 Å². The lowest BCUT2D eigenvalue weighted by Gasteiger charge is -2.28. The Balaban J connectivity index is 1.94. The van der Waals surface area contributed by atoms with E-state index in [4.69, 9.17) is 9.47 Å². The third kappa shape index (κ3) is 3.28. The van der Waals surface area contributed by atoms with Crippen molar-refractivity contribution in [3.63, 3.8) is 0 Å². The Morgan fingerprint density at radius 3 is 2.76 bits per heavy atom. The number of ether oxygens (including phenoxy) is 2. The van der Waals surface area contributed by atoms with Crippen LogP contribution < -0.4 is 0 Å². The molecule has 0 spiro atoms. The van der Waals surface area contributed by atoms with Crippen molar-refractivity contribution >= 4 is 5.97 Å². The van der Waals surface area contributed by atoms with Gasteiger partial charge in [-0.3, -0.25) is 4.79 Å². The fraction of sp³-hybridized carbons (Fsp3) is 0.462. The largest absolute Gasteiger partial charge is 0.436 e. The smallest absolute Gasteiger partial charge is 0.310 e. The fourth-order valence-electron chi connectivity index (χ4n) is 1.85. The summed E-state index contributed by atoms with van der Waals surface area (Å²) in [6, 6.07) is 9.69. The van der Waals surface area contributed by atoms with Gasteiger partial charge >= 0.3 is 5.97 Å². The van der Waals surface area contributed by atoms with E-state index in [-0.39, 0.29) is 12.5 Å². The van der Waals surface area contributed by atoms with E-state index in [1.807, 2.05) is 37.3 Å². The van der Waals surface area contributed by atoms with E-state index in [0.29, 0.717) is 6.42 Å². The summed E-state index contributed by atoms with van der Waals surface area (Å²) >= 11 is 0. The van der Waals surface area contributed by atoms with E-state index in [9.17, 15) is 9.90 Å². The summed E-state index contributed by atoms with van der Waals surface area (Å²) < 4.78 is 10.6. The van der Waals surface area contributed by atoms with E-state index >= 15 is 0 Å². The van der Waals surface area contributed by atoms with Crippen LogP contribution in [0.2, 0.25) is 0 Å². The highest BCUT2D eigenvalue weighted by atomic mass is 16.7. The molecule has 0 saturated carbocycles. The molecular formula is C13H16O4. The van der Waals surface area contributed by atoms with Gasteiger partial charge in [0.25, 0.3) is 0 Å². The molecule has 0 unspecified atom stereocenters. The van der Waals surface area contributed by atoms with E-state index in [1.54, 1.807) is 0 Å². The van der Waals surface area contributed by atoms with Crippen molar-refractivity contribution < 1.29 is 19.4 Å². The van der Waals surface area contributed by atoms with Crippen LogP contribution in [0.1, 0.15) is 31.4 Å². The zero-order valence-corrected chi connectivity index (χ0v) is 9.70. The highest BCUT2D eigenvalue weighted by Crippen LogP contribution is 2.23. The van der Waals surface area contributed by atoms with Crippen LogP contribution in [0.15, 0.2) is 30.3 Å². The average Bonchev–Trinajstić information content (AvgIpc) is 2.28. The number of cyclic esters (lactones) is 1. The van der Waals surface area contributed by atoms with Gasteiger partial charge in [-0.25, -0.2) is 0 Å². The van der Waals surface area contributed by atoms with Crippen molar-refractivity contribution in [2.24, 2.45) is 0 Å². The van der Waals surface area contributed by atoms with E-state index in [1.165, 1.54) is 0 Å². The van der Waals surface area contributed by atoms with Crippen LogP contribution >= 0.6 is 0 Å². The Kier molecular flexibility index (Phi) is 3.76. The minimum atomic E-state index is -0.663. The third-order valence-corrected chi connectivity index (χ3v) is 2.75. The van der Waals surface area contributed by atoms with Crippen LogP contribution in [0.25, 0.3) is 0 Å². The lowest BCUT2D eigenvalue weighted by Crippen LogP contribution is -2.34. The number of carbonyl (C=O) groups excluding carboxylic acids is 1. The van der Waals surface area contributed by atoms with Crippen LogP contribution in [-0.4, -0.2) is 23.5 Å². The van der Waals surface area contributed by atoms with Gasteiger partial charge in [-0.05, 0) is 12.5 Å². The van der Waals surface area contributed by atoms with Crippen LogP contribution in [0.4, 0.5) is 0 Å². The number of benzene rings is 1. The maximum absolute atomic E-state index is 11.1. The molecule has 4 heteroatoms. The van der Waals surface area contributed by atoms with Gasteiger partial charge in [-0.1, -0.05) is 30.3 Å². The predicted molar refractivity (Wildman–Crippen MR) is 61.1 cm³/mol. The molecule has 1 fully saturated rings. The molecule has 3 atom stereocenters. The van der Waals surface area contributed by atoms with Crippen molar-refractivity contribution in [1.82, 2.24) is 0 Å². The molecule has 1 aromatic carbocycles. The first-order chi connectivity index (χ1) is 8.15. The highest BCUT2D eigenvalue weighted by Gasteiger charge is 2.29. The first kappa shape index (κ1) is 12.1. The minimum absolute atomic E-state index is 0.0551. The van der Waals surface area contributed by atoms with Gasteiger partial charge < -0.3 is 14.6 Å². The van der Waals surface area contributed by atoms with Gasteiger partial charge in [0, 0.05) is 6.42 Å². The van der Waals surface area contributed by atoms with Crippen molar-refractivity contribution in [3.05, 3.63) is 35.9 Å². The van der Waals surface area contributed by atoms with Crippen molar-refractivity contribution in [3.8, 4) is 0 Å². The van der Waals surface area contributed by atoms with E-state index in [2.05, 4.69) is 0 Å². The van der Waals surface area contributed by atoms with Gasteiger partial charge in [0.1, 0.15) is 0 Å². The molecular weight excluding hydrogens is 220 g/mol. The van der Waals surface area contributed by atoms with Gasteiger partial charge in [0.15, 0.2) is 0 Å². The summed E-state index contributed by atoms with van der Waals surface area (Å²) in [5.41, 5.74) is 1.02. The van der Waals surface area contributed by atoms with Gasteiger partial charge in [-0.15, -0.1) is 0 Å². The van der Waals surface area contributed by atoms with Gasteiger partial charge in [0.05, 0.1) is 18.6 Å². The zero-order chi connectivity index (χ0) is 12.3. The second kappa shape index (κ2) is 5.29. The van der Waals surface area contributed by atoms with E-state index in [0.717, 1.165) is 5.56 Å². The second-order valence-electron chi connectivity index (χ2n) is 4.20. The Bertz CT molecular complexity index is 376. The number of aliphatic hydroxyl groups excluding tert-OH is 1. The van der Waals surface area contributed by atoms with Crippen molar-refractivity contribution in [2.75, 3.05) is 0 Å². The second-order valence-corrected chi connectivity index (χ2v) is 4.20. The SMILES string of the molecule is C[C@@H](O[C@@H]1C[C@@H](O)CC(=O)O1)c1ccccc1. The summed E-state index contributed by atoms with van der Waals surface area (Å²) in [6.07, 6.45) is -1.09. The van der Waals surface area contributed by atoms with Crippen molar-refractivity contribution in [2.45, 2.75) is 38.3 Å². The molecule has 0 bridgehead atoms. The van der Waals surface area contributed by atoms with Crippen LogP contribution in [0.3, 0.4) is 0 Å². The molecule has 1 saturated heterocycles. The van der Waals surface area contributed by atoms with Crippen LogP contribution in [0, 0.1) is 0 Å². The molecule has 1 aliphatic heterocycles. The number of carbonyl (C=O) groups is 1. The van der Waals surface area contributed by atoms with Crippen LogP contribution in [-0.2, 0) is 14.3 Å². The van der Waals surface area contributed by atoms with Crippen LogP contribution in [0.5, 0.6) is 0 Å². The summed E-state index contributed by atoms with van der Waals surface area (Å²) in [4.78, 5) is 11.1. The lowest BCUT2D eigenvalue weighted by molar-refractivity contribution is -0.210. The molecule has 0 aliphatic carbocycles. The molecule has 2 rings (SSSR count). The topological polar surface area (TPSA) is 55.8 Å². The molecule has 0 amide bonds. The summed E-state index contributed by atoms with van der Waals surface area (Å²) in [5, 5.41) is 9.45. The lowest BCUT2D eigenvalue weighted by atomic mass is 10.1. The fourth-order valence-corrected chi connectivity index (χ4v) is 1.85. The standard InChI is InChI=1S/C13H16O4/c1-9(10-5-3-2-4-6-10)16-13-8-11(14)7-12(15)17-13/h2-6,9,11,13-14H,7-8H2,1H3/t9-,11+,13+/m1/s1. The van der Waals surface area contributed by atoms with E-state index < -0.39 is 18.4 Å². The van der Waals surface area contributed by atoms with Gasteiger partial charge in [-0.2, -0.15) is 0 Å². The molecule has 4 nitrogen and oxygen atoms in total. The summed E-state index contributed by atoms with van der Waals surface area (Å²) in [5.74, 6) is -0.408. The minimum Gasteiger partial charge on any atom is -0.436 e. The molecule has 17 heavy (non-hydrogen) atoms. The monoisotopic (exact) mass is 236 g/mol. The zero-order valence-electron chi connectivity index (χ0n) is 9.70. The summed E-state index contributed by atoms with van der Waals surface area (Å²) in [6.45, 7) is 1.89. The molecule has 1 aliphatic rings. The normalized spacial score (nSPS) is 26.4. The molecule has 0 radical (unpaired) electrons. The molecule has 92 valence electrons. The number of aliphatic hydroxyl groups is 1. The molecule has 1 N–H and O–H groups in total. The van der Waals surface area contributed by atoms with Gasteiger partial charge in [0.2, 0.25) is 6.29 Å². The Morgan fingerprint density at radius 2 is 2.12 bits per heavy atom. The Morgan fingerprint density at radius 1 is 1.41 bits per heavy atom. The van der Waals surface area contributed by atoms with Crippen molar-refractivity contribution in [1.29, 1.82) is 0 Å². The maximum atomic E-state index is 11.1. The number of hydrogen-bond donors (Lipinski definition) is 1. The number of rotatable bonds is 3. The quantitative estimate of drug-likeness (QED) is 0.813. The Hall–Kier alpha value is -1.39. The maximum Gasteiger partial charge on any atom is 0.310 e. The average molecular weight is 236 g/mol. The molecule has 0 aromatic heterocycles. The predicted octanol–water partition coefficient (Wildman–Crippen LogP) is 1.79.